The lowest BCUT2D eigenvalue weighted by atomic mass is 9.46. The summed E-state index contributed by atoms with van der Waals surface area (Å²) in [5.74, 6) is 2.71. The zero-order valence-electron chi connectivity index (χ0n) is 25.5. The van der Waals surface area contributed by atoms with Gasteiger partial charge >= 0.3 is 5.97 Å². The monoisotopic (exact) mass is 552 g/mol. The van der Waals surface area contributed by atoms with E-state index in [9.17, 15) is 4.79 Å². The van der Waals surface area contributed by atoms with E-state index < -0.39 is 0 Å². The Kier molecular flexibility index (Phi) is 6.58. The summed E-state index contributed by atoms with van der Waals surface area (Å²) in [6.07, 6.45) is 14.3. The van der Waals surface area contributed by atoms with E-state index in [0.717, 1.165) is 49.9 Å². The van der Waals surface area contributed by atoms with Gasteiger partial charge < -0.3 is 9.47 Å². The van der Waals surface area contributed by atoms with Crippen LogP contribution >= 0.6 is 0 Å². The fraction of sp³-hybridized carbons (Fsp3) is 0.605. The van der Waals surface area contributed by atoms with Gasteiger partial charge in [0.2, 0.25) is 0 Å². The molecule has 3 saturated carbocycles. The van der Waals surface area contributed by atoms with E-state index in [4.69, 9.17) is 9.47 Å². The first-order valence-corrected chi connectivity index (χ1v) is 16.4. The average molecular weight is 553 g/mol. The number of hydrogen-bond acceptors (Lipinski definition) is 3. The zero-order chi connectivity index (χ0) is 28.5. The molecular weight excluding hydrogens is 504 g/mol. The van der Waals surface area contributed by atoms with Crippen molar-refractivity contribution in [3.63, 3.8) is 0 Å². The molecule has 0 spiro atoms. The van der Waals surface area contributed by atoms with Gasteiger partial charge in [-0.05, 0) is 110 Å². The van der Waals surface area contributed by atoms with Crippen molar-refractivity contribution >= 4 is 5.97 Å². The Morgan fingerprint density at radius 2 is 1.49 bits per heavy atom. The Morgan fingerprint density at radius 1 is 0.805 bits per heavy atom. The molecule has 0 radical (unpaired) electrons. The van der Waals surface area contributed by atoms with E-state index in [2.05, 4.69) is 87.5 Å². The van der Waals surface area contributed by atoms with E-state index in [0.29, 0.717) is 11.3 Å². The van der Waals surface area contributed by atoms with E-state index >= 15 is 0 Å². The number of carbonyl (C=O) groups is 1. The highest BCUT2D eigenvalue weighted by atomic mass is 16.5. The smallest absolute Gasteiger partial charge is 0.302 e. The predicted octanol–water partition coefficient (Wildman–Crippen LogP) is 9.01. The number of esters is 1. The van der Waals surface area contributed by atoms with E-state index in [1.165, 1.54) is 43.2 Å². The standard InChI is InChI=1S/C38H48O3/c1-26(39)40-30-19-21-35(2)29(25-30)15-16-31-32-17-18-34(36(32,3)22-20-33(31)35)37(4)23-24-38(41-37,27-11-7-5-8-12-27)28-13-9-6-10-14-28/h5-15,30-34H,16-25H2,1-4H3/t30-,31+,32+,33+,34+,35-,36+,37+/m0/s1. The second-order valence-corrected chi connectivity index (χ2v) is 14.9. The summed E-state index contributed by atoms with van der Waals surface area (Å²) < 4.78 is 13.2. The molecule has 1 aliphatic heterocycles. The lowest BCUT2D eigenvalue weighted by Gasteiger charge is -2.59. The van der Waals surface area contributed by atoms with Crippen molar-refractivity contribution in [3.8, 4) is 0 Å². The van der Waals surface area contributed by atoms with E-state index in [1.807, 2.05) is 0 Å². The second-order valence-electron chi connectivity index (χ2n) is 14.9. The number of ether oxygens (including phenoxy) is 2. The minimum Gasteiger partial charge on any atom is -0.462 e. The highest BCUT2D eigenvalue weighted by Gasteiger charge is 2.64. The van der Waals surface area contributed by atoms with Crippen LogP contribution in [0, 0.1) is 34.5 Å². The second kappa shape index (κ2) is 9.83. The normalized spacial score (nSPS) is 41.1. The molecule has 0 unspecified atom stereocenters. The Morgan fingerprint density at radius 3 is 2.15 bits per heavy atom. The molecule has 3 nitrogen and oxygen atoms in total. The lowest BCUT2D eigenvalue weighted by Crippen LogP contribution is -2.53. The first kappa shape index (κ1) is 27.4. The van der Waals surface area contributed by atoms with Crippen LogP contribution in [0.4, 0.5) is 0 Å². The predicted molar refractivity (Wildman–Crippen MR) is 163 cm³/mol. The van der Waals surface area contributed by atoms with Crippen LogP contribution in [0.15, 0.2) is 72.3 Å². The van der Waals surface area contributed by atoms with Crippen molar-refractivity contribution in [2.45, 2.75) is 109 Å². The van der Waals surface area contributed by atoms with Crippen LogP contribution in [0.25, 0.3) is 0 Å². The molecule has 2 aromatic rings. The Hall–Kier alpha value is -2.39. The molecule has 1 saturated heterocycles. The molecule has 7 rings (SSSR count). The molecule has 8 atom stereocenters. The van der Waals surface area contributed by atoms with Crippen LogP contribution in [0.2, 0.25) is 0 Å². The van der Waals surface area contributed by atoms with Crippen molar-refractivity contribution in [3.05, 3.63) is 83.4 Å². The summed E-state index contributed by atoms with van der Waals surface area (Å²) in [6.45, 7) is 9.20. The molecule has 1 heterocycles. The maximum absolute atomic E-state index is 11.7. The summed E-state index contributed by atoms with van der Waals surface area (Å²) in [4.78, 5) is 11.7. The fourth-order valence-electron chi connectivity index (χ4n) is 11.1. The van der Waals surface area contributed by atoms with Crippen LogP contribution in [-0.4, -0.2) is 17.7 Å². The van der Waals surface area contributed by atoms with Gasteiger partial charge in [-0.25, -0.2) is 0 Å². The average Bonchev–Trinajstić information content (AvgIpc) is 3.53. The van der Waals surface area contributed by atoms with Crippen molar-refractivity contribution in [1.29, 1.82) is 0 Å². The van der Waals surface area contributed by atoms with Crippen LogP contribution in [0.3, 0.4) is 0 Å². The van der Waals surface area contributed by atoms with Crippen molar-refractivity contribution in [1.82, 2.24) is 0 Å². The number of benzene rings is 2. The first-order chi connectivity index (χ1) is 19.7. The fourth-order valence-corrected chi connectivity index (χ4v) is 11.1. The SMILES string of the molecule is CC(=O)O[C@H]1CC[C@@]2(C)C(=CC[C@@H]3[C@H]4CC[C@@H]([C@@]5(C)CCC(c6ccccc6)(c6ccccc6)O5)[C@]4(C)CC[C@H]32)C1. The topological polar surface area (TPSA) is 35.5 Å². The minimum absolute atomic E-state index is 0.0713. The molecule has 4 fully saturated rings. The molecule has 0 bridgehead atoms. The number of fused-ring (bicyclic) bond motifs is 5. The molecule has 5 aliphatic rings. The summed E-state index contributed by atoms with van der Waals surface area (Å²) in [6, 6.07) is 22.0. The van der Waals surface area contributed by atoms with Gasteiger partial charge in [0.25, 0.3) is 0 Å². The van der Waals surface area contributed by atoms with Gasteiger partial charge in [0, 0.05) is 13.3 Å². The summed E-state index contributed by atoms with van der Waals surface area (Å²) >= 11 is 0. The van der Waals surface area contributed by atoms with Crippen LogP contribution in [-0.2, 0) is 19.9 Å². The van der Waals surface area contributed by atoms with Gasteiger partial charge in [-0.2, -0.15) is 0 Å². The molecule has 0 aromatic heterocycles. The third kappa shape index (κ3) is 4.20. The van der Waals surface area contributed by atoms with Crippen LogP contribution in [0.1, 0.15) is 103 Å². The maximum atomic E-state index is 11.7. The molecule has 218 valence electrons. The van der Waals surface area contributed by atoms with E-state index in [-0.39, 0.29) is 28.7 Å². The Bertz CT molecular complexity index is 1280. The highest BCUT2D eigenvalue weighted by molar-refractivity contribution is 5.66. The largest absolute Gasteiger partial charge is 0.462 e. The van der Waals surface area contributed by atoms with Gasteiger partial charge in [0.1, 0.15) is 11.7 Å². The van der Waals surface area contributed by atoms with E-state index in [1.54, 1.807) is 12.5 Å². The molecule has 41 heavy (non-hydrogen) atoms. The third-order valence-corrected chi connectivity index (χ3v) is 13.0. The van der Waals surface area contributed by atoms with Gasteiger partial charge in [0.05, 0.1) is 5.60 Å². The summed E-state index contributed by atoms with van der Waals surface area (Å²) in [5.41, 5.74) is 4.24. The molecular formula is C38H48O3. The maximum Gasteiger partial charge on any atom is 0.302 e. The molecule has 3 heteroatoms. The zero-order valence-corrected chi connectivity index (χ0v) is 25.5. The van der Waals surface area contributed by atoms with Crippen LogP contribution in [0.5, 0.6) is 0 Å². The van der Waals surface area contributed by atoms with Gasteiger partial charge in [0.15, 0.2) is 0 Å². The highest BCUT2D eigenvalue weighted by Crippen LogP contribution is 2.69. The summed E-state index contributed by atoms with van der Waals surface area (Å²) in [5, 5.41) is 0. The number of rotatable bonds is 4. The minimum atomic E-state index is -0.376. The lowest BCUT2D eigenvalue weighted by molar-refractivity contribution is -0.153. The van der Waals surface area contributed by atoms with Gasteiger partial charge in [-0.3, -0.25) is 4.79 Å². The summed E-state index contributed by atoms with van der Waals surface area (Å²) in [7, 11) is 0. The van der Waals surface area contributed by atoms with Crippen molar-refractivity contribution in [2.24, 2.45) is 34.5 Å². The molecule has 0 amide bonds. The van der Waals surface area contributed by atoms with Crippen molar-refractivity contribution in [2.75, 3.05) is 0 Å². The van der Waals surface area contributed by atoms with Gasteiger partial charge in [-0.1, -0.05) is 86.2 Å². The first-order valence-electron chi connectivity index (χ1n) is 16.4. The quantitative estimate of drug-likeness (QED) is 0.280. The molecule has 4 aliphatic carbocycles. The number of hydrogen-bond donors (Lipinski definition) is 0. The molecule has 2 aromatic carbocycles. The molecule has 0 N–H and O–H groups in total. The van der Waals surface area contributed by atoms with Crippen molar-refractivity contribution < 1.29 is 14.3 Å². The van der Waals surface area contributed by atoms with Crippen LogP contribution < -0.4 is 0 Å². The Balaban J connectivity index is 1.17. The Labute approximate surface area is 247 Å². The third-order valence-electron chi connectivity index (χ3n) is 13.0. The van der Waals surface area contributed by atoms with Gasteiger partial charge in [-0.15, -0.1) is 0 Å². The number of allylic oxidation sites excluding steroid dienone is 1. The number of carbonyl (C=O) groups excluding carboxylic acids is 1.